The largest absolute Gasteiger partial charge is 0.0616 e. The molecule has 0 N–H and O–H groups in total. The van der Waals surface area contributed by atoms with Gasteiger partial charge in [-0.15, -0.1) is 0 Å². The van der Waals surface area contributed by atoms with Gasteiger partial charge in [-0.05, 0) is 205 Å². The maximum atomic E-state index is 2.64. The van der Waals surface area contributed by atoms with Crippen LogP contribution < -0.4 is 0 Å². The van der Waals surface area contributed by atoms with Crippen molar-refractivity contribution >= 4 is 86.2 Å². The van der Waals surface area contributed by atoms with E-state index in [1.165, 1.54) is 142 Å². The van der Waals surface area contributed by atoms with Gasteiger partial charge in [-0.2, -0.15) is 0 Å². The van der Waals surface area contributed by atoms with Crippen LogP contribution in [0.5, 0.6) is 0 Å². The molecule has 0 spiro atoms. The Morgan fingerprint density at radius 3 is 0.986 bits per heavy atom. The molecule has 0 atom stereocenters. The van der Waals surface area contributed by atoms with Crippen molar-refractivity contribution in [1.29, 1.82) is 0 Å². The van der Waals surface area contributed by atoms with Crippen LogP contribution >= 0.6 is 0 Å². The third-order valence-corrected chi connectivity index (χ3v) is 16.1. The number of rotatable bonds is 2. The molecule has 0 aromatic heterocycles. The van der Waals surface area contributed by atoms with E-state index in [4.69, 9.17) is 0 Å². The van der Waals surface area contributed by atoms with Crippen LogP contribution in [0.2, 0.25) is 0 Å². The van der Waals surface area contributed by atoms with E-state index < -0.39 is 0 Å². The molecule has 0 fully saturated rings. The third kappa shape index (κ3) is 7.21. The lowest BCUT2D eigenvalue weighted by Gasteiger charge is -2.28. The fraction of sp³-hybridized carbons (Fsp3) is 0.343. The van der Waals surface area contributed by atoms with Crippen molar-refractivity contribution in [3.63, 3.8) is 0 Å². The van der Waals surface area contributed by atoms with E-state index in [0.717, 1.165) is 0 Å². The van der Waals surface area contributed by atoms with E-state index in [0.29, 0.717) is 0 Å². The molecule has 0 unspecified atom stereocenters. The molecule has 0 aliphatic heterocycles. The maximum absolute atomic E-state index is 2.64. The standard InChI is InChI=1S/C70H74/c1-65(2,3)43-28-41(29-44(33-43)66(4,5)6)60-55-37-52-51-25-21-24-50-49-23-20-19-22-39(49)32-54(62(50)51)53(52)38-56(55)61(42-30-45(67(7,8)9)34-46(31-42)68(10,11)12)64-58-36-48(70(16,17)18)27-40-26-47(69(13,14)15)35-57(59(40)58)63(60)64/h19-38H,1-18H3. The molecule has 11 aromatic rings. The molecule has 11 rings (SSSR count). The highest BCUT2D eigenvalue weighted by Crippen LogP contribution is 2.56. The van der Waals surface area contributed by atoms with E-state index >= 15 is 0 Å². The second-order valence-corrected chi connectivity index (χ2v) is 27.6. The Hall–Kier alpha value is -5.98. The Morgan fingerprint density at radius 2 is 0.571 bits per heavy atom. The zero-order valence-corrected chi connectivity index (χ0v) is 45.5. The smallest absolute Gasteiger partial charge is 0.000730 e. The molecule has 0 aliphatic carbocycles. The summed E-state index contributed by atoms with van der Waals surface area (Å²) in [6.45, 7) is 42.9. The molecule has 0 heteroatoms. The molecule has 0 saturated heterocycles. The molecule has 70 heavy (non-hydrogen) atoms. The lowest BCUT2D eigenvalue weighted by atomic mass is 9.76. The normalized spacial score (nSPS) is 13.9. The quantitative estimate of drug-likeness (QED) is 0.152. The van der Waals surface area contributed by atoms with Crippen molar-refractivity contribution in [2.75, 3.05) is 0 Å². The van der Waals surface area contributed by atoms with Crippen molar-refractivity contribution in [3.8, 4) is 22.3 Å². The van der Waals surface area contributed by atoms with Gasteiger partial charge < -0.3 is 0 Å². The molecular formula is C70H74. The molecule has 0 saturated carbocycles. The van der Waals surface area contributed by atoms with Gasteiger partial charge >= 0.3 is 0 Å². The number of benzene rings is 9. The summed E-state index contributed by atoms with van der Waals surface area (Å²) in [5.41, 5.74) is 13.2. The Kier molecular flexibility index (Phi) is 9.81. The molecule has 0 amide bonds. The van der Waals surface area contributed by atoms with Crippen LogP contribution in [-0.2, 0) is 32.5 Å². The summed E-state index contributed by atoms with van der Waals surface area (Å²) in [6, 6.07) is 49.2. The highest BCUT2D eigenvalue weighted by Gasteiger charge is 2.31. The number of hydrogen-bond acceptors (Lipinski definition) is 0. The number of hydrogen-bond donors (Lipinski definition) is 0. The zero-order chi connectivity index (χ0) is 50.2. The second-order valence-electron chi connectivity index (χ2n) is 27.6. The van der Waals surface area contributed by atoms with Crippen LogP contribution in [0.25, 0.3) is 108 Å². The van der Waals surface area contributed by atoms with Gasteiger partial charge in [-0.1, -0.05) is 216 Å². The first-order valence-electron chi connectivity index (χ1n) is 26.1. The summed E-state index contributed by atoms with van der Waals surface area (Å²) < 4.78 is 0. The topological polar surface area (TPSA) is 0 Å². The van der Waals surface area contributed by atoms with E-state index in [1.807, 2.05) is 0 Å². The summed E-state index contributed by atoms with van der Waals surface area (Å²) in [6.07, 6.45) is 0. The van der Waals surface area contributed by atoms with E-state index in [9.17, 15) is 0 Å². The van der Waals surface area contributed by atoms with Gasteiger partial charge in [0.25, 0.3) is 0 Å². The predicted octanol–water partition coefficient (Wildman–Crippen LogP) is 20.9. The first-order chi connectivity index (χ1) is 32.5. The Bertz CT molecular complexity index is 3880. The summed E-state index contributed by atoms with van der Waals surface area (Å²) in [7, 11) is 0. The lowest BCUT2D eigenvalue weighted by molar-refractivity contribution is 0.568. The van der Waals surface area contributed by atoms with Crippen LogP contribution in [0, 0.1) is 0 Å². The summed E-state index contributed by atoms with van der Waals surface area (Å²) in [5.74, 6) is 0. The van der Waals surface area contributed by atoms with Gasteiger partial charge in [0.1, 0.15) is 0 Å². The summed E-state index contributed by atoms with van der Waals surface area (Å²) in [4.78, 5) is 0. The Balaban J connectivity index is 1.50. The van der Waals surface area contributed by atoms with Crippen molar-refractivity contribution in [3.05, 3.63) is 155 Å². The van der Waals surface area contributed by atoms with Crippen LogP contribution in [0.3, 0.4) is 0 Å². The van der Waals surface area contributed by atoms with E-state index in [-0.39, 0.29) is 32.5 Å². The van der Waals surface area contributed by atoms with Crippen LogP contribution in [0.1, 0.15) is 158 Å². The molecular weight excluding hydrogens is 841 g/mol. The Labute approximate surface area is 418 Å². The molecule has 11 aromatic carbocycles. The first kappa shape index (κ1) is 46.4. The fourth-order valence-corrected chi connectivity index (χ4v) is 11.8. The van der Waals surface area contributed by atoms with Gasteiger partial charge in [-0.3, -0.25) is 0 Å². The monoisotopic (exact) mass is 915 g/mol. The van der Waals surface area contributed by atoms with Gasteiger partial charge in [0.05, 0.1) is 0 Å². The molecule has 0 heterocycles. The molecule has 0 aliphatic rings. The van der Waals surface area contributed by atoms with Crippen molar-refractivity contribution < 1.29 is 0 Å². The highest BCUT2D eigenvalue weighted by molar-refractivity contribution is 6.42. The minimum absolute atomic E-state index is 0.0593. The van der Waals surface area contributed by atoms with Gasteiger partial charge in [-0.25, -0.2) is 0 Å². The highest BCUT2D eigenvalue weighted by atomic mass is 14.3. The summed E-state index contributed by atoms with van der Waals surface area (Å²) in [5, 5.41) is 21.5. The van der Waals surface area contributed by atoms with Gasteiger partial charge in [0, 0.05) is 0 Å². The average Bonchev–Trinajstić information content (AvgIpc) is 3.75. The third-order valence-electron chi connectivity index (χ3n) is 16.1. The van der Waals surface area contributed by atoms with Gasteiger partial charge in [0.15, 0.2) is 0 Å². The maximum Gasteiger partial charge on any atom is -0.000730 e. The summed E-state index contributed by atoms with van der Waals surface area (Å²) >= 11 is 0. The van der Waals surface area contributed by atoms with Crippen molar-refractivity contribution in [1.82, 2.24) is 0 Å². The molecule has 0 bridgehead atoms. The second kappa shape index (κ2) is 14.8. The molecule has 354 valence electrons. The first-order valence-corrected chi connectivity index (χ1v) is 26.1. The van der Waals surface area contributed by atoms with Crippen LogP contribution in [-0.4, -0.2) is 0 Å². The average molecular weight is 915 g/mol. The molecule has 0 radical (unpaired) electrons. The minimum atomic E-state index is -0.0621. The van der Waals surface area contributed by atoms with E-state index in [2.05, 4.69) is 246 Å². The molecule has 0 nitrogen and oxygen atoms in total. The van der Waals surface area contributed by atoms with Crippen LogP contribution in [0.4, 0.5) is 0 Å². The zero-order valence-electron chi connectivity index (χ0n) is 45.5. The Morgan fingerprint density at radius 1 is 0.214 bits per heavy atom. The van der Waals surface area contributed by atoms with Crippen molar-refractivity contribution in [2.45, 2.75) is 157 Å². The predicted molar refractivity (Wildman–Crippen MR) is 312 cm³/mol. The van der Waals surface area contributed by atoms with Gasteiger partial charge in [0.2, 0.25) is 0 Å². The minimum Gasteiger partial charge on any atom is -0.0616 e. The van der Waals surface area contributed by atoms with Crippen molar-refractivity contribution in [2.24, 2.45) is 0 Å². The van der Waals surface area contributed by atoms with Crippen LogP contribution in [0.15, 0.2) is 121 Å². The fourth-order valence-electron chi connectivity index (χ4n) is 11.8. The SMILES string of the molecule is CC(C)(C)c1cc(-c2c3cc4c(cc3c(-c3cc(C(C)(C)C)cc(C(C)(C)C)c3)c3c5cc(C(C)(C)C)cc6cc(C(C)(C)C)cc(c23)c65)c2cc3ccccc3c3cccc4c32)cc(C(C)(C)C)c1. The lowest BCUT2D eigenvalue weighted by Crippen LogP contribution is -2.16. The number of fused-ring (bicyclic) bond motifs is 9. The van der Waals surface area contributed by atoms with E-state index in [1.54, 1.807) is 0 Å².